The van der Waals surface area contributed by atoms with Gasteiger partial charge in [0, 0.05) is 13.1 Å². The largest absolute Gasteiger partial charge is 0.435 e. The molecule has 6 heteroatoms. The number of hydrogen-bond acceptors (Lipinski definition) is 3. The van der Waals surface area contributed by atoms with E-state index in [4.69, 9.17) is 5.73 Å². The number of nitrogens with two attached hydrogens (primary N) is 1. The van der Waals surface area contributed by atoms with E-state index in [2.05, 4.69) is 4.74 Å². The Hall–Kier alpha value is -1.69. The molecule has 0 bridgehead atoms. The highest BCUT2D eigenvalue weighted by Crippen LogP contribution is 2.18. The molecule has 2 N–H and O–H groups in total. The molecule has 1 fully saturated rings. The average molecular weight is 284 g/mol. The molecule has 0 spiro atoms. The number of carbonyl (C=O) groups excluding carboxylic acids is 1. The summed E-state index contributed by atoms with van der Waals surface area (Å²) >= 11 is 0. The number of likely N-dealkylation sites (tertiary alicyclic amines) is 1. The van der Waals surface area contributed by atoms with Crippen molar-refractivity contribution in [2.24, 2.45) is 11.7 Å². The molecule has 1 aromatic carbocycles. The van der Waals surface area contributed by atoms with Gasteiger partial charge in [-0.15, -0.1) is 0 Å². The first-order chi connectivity index (χ1) is 9.58. The molecule has 2 rings (SSSR count). The van der Waals surface area contributed by atoms with Crippen molar-refractivity contribution < 1.29 is 18.3 Å². The van der Waals surface area contributed by atoms with Gasteiger partial charge < -0.3 is 15.4 Å². The second-order valence-corrected chi connectivity index (χ2v) is 4.93. The fraction of sp³-hybridized carbons (Fsp3) is 0.500. The summed E-state index contributed by atoms with van der Waals surface area (Å²) in [5, 5.41) is 0. The number of benzene rings is 1. The Morgan fingerprint density at radius 2 is 2.10 bits per heavy atom. The maximum absolute atomic E-state index is 12.1. The smallest absolute Gasteiger partial charge is 0.387 e. The third kappa shape index (κ3) is 3.90. The monoisotopic (exact) mass is 284 g/mol. The van der Waals surface area contributed by atoms with Crippen LogP contribution in [0.4, 0.5) is 8.78 Å². The molecule has 1 unspecified atom stereocenters. The Labute approximate surface area is 116 Å². The summed E-state index contributed by atoms with van der Waals surface area (Å²) in [7, 11) is 0. The zero-order valence-electron chi connectivity index (χ0n) is 11.1. The lowest BCUT2D eigenvalue weighted by atomic mass is 10.1. The number of carbonyl (C=O) groups is 1. The van der Waals surface area contributed by atoms with Gasteiger partial charge >= 0.3 is 6.61 Å². The van der Waals surface area contributed by atoms with Gasteiger partial charge in [-0.3, -0.25) is 4.79 Å². The van der Waals surface area contributed by atoms with Gasteiger partial charge in [-0.05, 0) is 36.6 Å². The predicted molar refractivity (Wildman–Crippen MR) is 70.5 cm³/mol. The Morgan fingerprint density at radius 1 is 1.40 bits per heavy atom. The van der Waals surface area contributed by atoms with E-state index < -0.39 is 6.61 Å². The molecular weight excluding hydrogens is 266 g/mol. The molecule has 0 radical (unpaired) electrons. The molecule has 0 aliphatic carbocycles. The third-order valence-electron chi connectivity index (χ3n) is 3.48. The van der Waals surface area contributed by atoms with Gasteiger partial charge in [0.1, 0.15) is 5.75 Å². The molecule has 0 aromatic heterocycles. The molecule has 1 amide bonds. The maximum Gasteiger partial charge on any atom is 0.387 e. The summed E-state index contributed by atoms with van der Waals surface area (Å²) < 4.78 is 28.3. The molecule has 1 aliphatic heterocycles. The number of alkyl halides is 2. The van der Waals surface area contributed by atoms with E-state index in [0.29, 0.717) is 19.0 Å². The van der Waals surface area contributed by atoms with Gasteiger partial charge in [0.25, 0.3) is 0 Å². The van der Waals surface area contributed by atoms with E-state index in [0.717, 1.165) is 18.5 Å². The Bertz CT molecular complexity index is 451. The van der Waals surface area contributed by atoms with Gasteiger partial charge in [-0.1, -0.05) is 12.1 Å². The normalized spacial score (nSPS) is 18.6. The van der Waals surface area contributed by atoms with Gasteiger partial charge in [-0.25, -0.2) is 0 Å². The third-order valence-corrected chi connectivity index (χ3v) is 3.48. The minimum Gasteiger partial charge on any atom is -0.435 e. The van der Waals surface area contributed by atoms with Crippen molar-refractivity contribution in [1.82, 2.24) is 4.90 Å². The number of ether oxygens (including phenoxy) is 1. The standard InChI is InChI=1S/C14H18F2N2O2/c15-14(16)20-12-3-1-10(2-4-12)7-13(19)18-6-5-11(8-17)9-18/h1-4,11,14H,5-9,17H2. The van der Waals surface area contributed by atoms with Crippen molar-refractivity contribution in [2.75, 3.05) is 19.6 Å². The zero-order valence-corrected chi connectivity index (χ0v) is 11.1. The van der Waals surface area contributed by atoms with E-state index in [1.165, 1.54) is 12.1 Å². The number of hydrogen-bond donors (Lipinski definition) is 1. The Morgan fingerprint density at radius 3 is 2.65 bits per heavy atom. The number of nitrogens with zero attached hydrogens (tertiary/aromatic N) is 1. The molecule has 20 heavy (non-hydrogen) atoms. The highest BCUT2D eigenvalue weighted by molar-refractivity contribution is 5.79. The molecule has 1 heterocycles. The van der Waals surface area contributed by atoms with E-state index in [1.807, 2.05) is 0 Å². The van der Waals surface area contributed by atoms with Crippen LogP contribution in [0.25, 0.3) is 0 Å². The minimum absolute atomic E-state index is 0.0449. The van der Waals surface area contributed by atoms with Crippen LogP contribution in [-0.4, -0.2) is 37.1 Å². The quantitative estimate of drug-likeness (QED) is 0.894. The summed E-state index contributed by atoms with van der Waals surface area (Å²) in [4.78, 5) is 13.9. The summed E-state index contributed by atoms with van der Waals surface area (Å²) in [5.74, 6) is 0.532. The average Bonchev–Trinajstić information content (AvgIpc) is 2.89. The van der Waals surface area contributed by atoms with Crippen LogP contribution in [0.15, 0.2) is 24.3 Å². The zero-order chi connectivity index (χ0) is 14.5. The highest BCUT2D eigenvalue weighted by Gasteiger charge is 2.24. The molecular formula is C14H18F2N2O2. The van der Waals surface area contributed by atoms with Gasteiger partial charge in [0.2, 0.25) is 5.91 Å². The lowest BCUT2D eigenvalue weighted by molar-refractivity contribution is -0.129. The maximum atomic E-state index is 12.1. The number of amides is 1. The summed E-state index contributed by atoms with van der Waals surface area (Å²) in [6, 6.07) is 6.15. The fourth-order valence-corrected chi connectivity index (χ4v) is 2.33. The van der Waals surface area contributed by atoms with Crippen molar-refractivity contribution in [3.63, 3.8) is 0 Å². The van der Waals surface area contributed by atoms with Crippen LogP contribution in [0.5, 0.6) is 5.75 Å². The summed E-state index contributed by atoms with van der Waals surface area (Å²) in [6.07, 6.45) is 1.22. The van der Waals surface area contributed by atoms with Crippen molar-refractivity contribution >= 4 is 5.91 Å². The van der Waals surface area contributed by atoms with Crippen LogP contribution >= 0.6 is 0 Å². The van der Waals surface area contributed by atoms with Crippen LogP contribution in [0.3, 0.4) is 0 Å². The van der Waals surface area contributed by atoms with Crippen molar-refractivity contribution in [3.05, 3.63) is 29.8 Å². The topological polar surface area (TPSA) is 55.6 Å². The molecule has 0 saturated carbocycles. The van der Waals surface area contributed by atoms with Crippen molar-refractivity contribution in [3.8, 4) is 5.75 Å². The number of rotatable bonds is 5. The lowest BCUT2D eigenvalue weighted by Gasteiger charge is -2.16. The second-order valence-electron chi connectivity index (χ2n) is 4.93. The Balaban J connectivity index is 1.88. The summed E-state index contributed by atoms with van der Waals surface area (Å²) in [5.41, 5.74) is 6.38. The van der Waals surface area contributed by atoms with Crippen LogP contribution in [0.1, 0.15) is 12.0 Å². The second kappa shape index (κ2) is 6.65. The lowest BCUT2D eigenvalue weighted by Crippen LogP contribution is -2.31. The minimum atomic E-state index is -2.83. The first kappa shape index (κ1) is 14.7. The van der Waals surface area contributed by atoms with Crippen molar-refractivity contribution in [1.29, 1.82) is 0 Å². The van der Waals surface area contributed by atoms with Crippen LogP contribution in [0.2, 0.25) is 0 Å². The van der Waals surface area contributed by atoms with Crippen LogP contribution in [0, 0.1) is 5.92 Å². The first-order valence-electron chi connectivity index (χ1n) is 6.60. The van der Waals surface area contributed by atoms with Crippen molar-refractivity contribution in [2.45, 2.75) is 19.5 Å². The fourth-order valence-electron chi connectivity index (χ4n) is 2.33. The first-order valence-corrected chi connectivity index (χ1v) is 6.60. The van der Waals surface area contributed by atoms with Crippen LogP contribution < -0.4 is 10.5 Å². The van der Waals surface area contributed by atoms with Gasteiger partial charge in [0.05, 0.1) is 6.42 Å². The molecule has 1 aliphatic rings. The predicted octanol–water partition coefficient (Wildman–Crippen LogP) is 1.64. The van der Waals surface area contributed by atoms with E-state index in [1.54, 1.807) is 17.0 Å². The van der Waals surface area contributed by atoms with E-state index in [-0.39, 0.29) is 18.1 Å². The summed E-state index contributed by atoms with van der Waals surface area (Å²) in [6.45, 7) is -0.779. The van der Waals surface area contributed by atoms with Gasteiger partial charge in [-0.2, -0.15) is 8.78 Å². The van der Waals surface area contributed by atoms with E-state index >= 15 is 0 Å². The molecule has 110 valence electrons. The van der Waals surface area contributed by atoms with E-state index in [9.17, 15) is 13.6 Å². The Kier molecular flexibility index (Phi) is 4.89. The highest BCUT2D eigenvalue weighted by atomic mass is 19.3. The van der Waals surface area contributed by atoms with Crippen LogP contribution in [-0.2, 0) is 11.2 Å². The number of halogens is 2. The molecule has 1 atom stereocenters. The molecule has 4 nitrogen and oxygen atoms in total. The molecule has 1 saturated heterocycles. The molecule has 1 aromatic rings. The van der Waals surface area contributed by atoms with Gasteiger partial charge in [0.15, 0.2) is 0 Å². The SMILES string of the molecule is NCC1CCN(C(=O)Cc2ccc(OC(F)F)cc2)C1.